The van der Waals surface area contributed by atoms with Crippen LogP contribution in [0.3, 0.4) is 0 Å². The molecular formula is C25H33BN3+. The van der Waals surface area contributed by atoms with E-state index in [0.29, 0.717) is 11.8 Å². The SMILES string of the molecule is Cc1ccc(C)c2c1-c1n(C)cc[n+]1B(c1c(C(C)C)cccc1C(C)C)N2C. The molecule has 1 aromatic heterocycles. The zero-order chi connectivity index (χ0) is 21.0. The Morgan fingerprint density at radius 3 is 2.03 bits per heavy atom. The lowest BCUT2D eigenvalue weighted by atomic mass is 9.58. The minimum atomic E-state index is 0.148. The number of aryl methyl sites for hydroxylation is 3. The molecule has 4 rings (SSSR count). The number of benzene rings is 2. The zero-order valence-electron chi connectivity index (χ0n) is 19.1. The Hall–Kier alpha value is -2.49. The van der Waals surface area contributed by atoms with E-state index in [1.165, 1.54) is 44.8 Å². The van der Waals surface area contributed by atoms with Gasteiger partial charge >= 0.3 is 6.98 Å². The zero-order valence-corrected chi connectivity index (χ0v) is 19.1. The smallest absolute Gasteiger partial charge is 0.372 e. The molecule has 0 spiro atoms. The number of anilines is 1. The number of aromatic nitrogens is 2. The fourth-order valence-electron chi connectivity index (χ4n) is 5.08. The summed E-state index contributed by atoms with van der Waals surface area (Å²) in [5.41, 5.74) is 9.72. The third-order valence-corrected chi connectivity index (χ3v) is 6.50. The predicted molar refractivity (Wildman–Crippen MR) is 124 cm³/mol. The van der Waals surface area contributed by atoms with Crippen molar-refractivity contribution in [2.45, 2.75) is 53.4 Å². The summed E-state index contributed by atoms with van der Waals surface area (Å²) < 4.78 is 4.75. The Kier molecular flexibility index (Phi) is 4.84. The van der Waals surface area contributed by atoms with Gasteiger partial charge in [-0.25, -0.2) is 4.57 Å². The first kappa shape index (κ1) is 19.8. The maximum atomic E-state index is 2.50. The van der Waals surface area contributed by atoms with Crippen LogP contribution in [0.4, 0.5) is 5.69 Å². The average Bonchev–Trinajstić information content (AvgIpc) is 3.05. The first-order valence-corrected chi connectivity index (χ1v) is 10.8. The van der Waals surface area contributed by atoms with Crippen LogP contribution in [-0.2, 0) is 7.05 Å². The van der Waals surface area contributed by atoms with Gasteiger partial charge in [-0.15, -0.1) is 0 Å². The Bertz CT molecular complexity index is 1050. The largest absolute Gasteiger partial charge is 0.537 e. The molecule has 0 radical (unpaired) electrons. The van der Waals surface area contributed by atoms with Gasteiger partial charge in [0, 0.05) is 11.2 Å². The van der Waals surface area contributed by atoms with Crippen molar-refractivity contribution >= 4 is 18.1 Å². The highest BCUT2D eigenvalue weighted by Crippen LogP contribution is 2.38. The molecule has 0 atom stereocenters. The van der Waals surface area contributed by atoms with Crippen LogP contribution in [0.25, 0.3) is 11.4 Å². The average molecular weight is 386 g/mol. The normalized spacial score (nSPS) is 13.3. The Morgan fingerprint density at radius 1 is 0.862 bits per heavy atom. The molecule has 3 nitrogen and oxygen atoms in total. The second kappa shape index (κ2) is 7.09. The summed E-state index contributed by atoms with van der Waals surface area (Å²) in [5.74, 6) is 2.24. The van der Waals surface area contributed by atoms with Gasteiger partial charge in [0.05, 0.1) is 12.6 Å². The van der Waals surface area contributed by atoms with E-state index in [0.717, 1.165) is 0 Å². The van der Waals surface area contributed by atoms with Gasteiger partial charge in [-0.2, -0.15) is 0 Å². The molecule has 29 heavy (non-hydrogen) atoms. The molecule has 0 unspecified atom stereocenters. The molecule has 1 aliphatic rings. The Labute approximate surface area is 176 Å². The minimum absolute atomic E-state index is 0.148. The third-order valence-electron chi connectivity index (χ3n) is 6.50. The van der Waals surface area contributed by atoms with E-state index in [1.54, 1.807) is 0 Å². The van der Waals surface area contributed by atoms with Crippen molar-refractivity contribution in [3.8, 4) is 11.4 Å². The molecule has 0 saturated carbocycles. The van der Waals surface area contributed by atoms with Crippen LogP contribution in [0.2, 0.25) is 0 Å². The van der Waals surface area contributed by atoms with E-state index in [-0.39, 0.29) is 6.98 Å². The number of fused-ring (bicyclic) bond motifs is 3. The van der Waals surface area contributed by atoms with Gasteiger partial charge in [-0.05, 0) is 55.0 Å². The van der Waals surface area contributed by atoms with Gasteiger partial charge < -0.3 is 4.81 Å². The first-order valence-electron chi connectivity index (χ1n) is 10.8. The highest BCUT2D eigenvalue weighted by molar-refractivity contribution is 6.71. The van der Waals surface area contributed by atoms with Crippen LogP contribution < -0.4 is 14.8 Å². The molecule has 2 heterocycles. The van der Waals surface area contributed by atoms with Crippen LogP contribution in [-0.4, -0.2) is 18.6 Å². The van der Waals surface area contributed by atoms with Crippen LogP contribution >= 0.6 is 0 Å². The maximum absolute atomic E-state index is 2.50. The fourth-order valence-corrected chi connectivity index (χ4v) is 5.08. The molecule has 4 heteroatoms. The summed E-state index contributed by atoms with van der Waals surface area (Å²) in [6.07, 6.45) is 4.45. The monoisotopic (exact) mass is 386 g/mol. The number of hydrogen-bond donors (Lipinski definition) is 0. The predicted octanol–water partition coefficient (Wildman–Crippen LogP) is 4.54. The molecule has 1 aliphatic heterocycles. The maximum Gasteiger partial charge on any atom is 0.537 e. The van der Waals surface area contributed by atoms with Crippen molar-refractivity contribution in [2.75, 3.05) is 11.9 Å². The van der Waals surface area contributed by atoms with Gasteiger partial charge in [0.25, 0.3) is 5.82 Å². The molecule has 0 fully saturated rings. The van der Waals surface area contributed by atoms with Gasteiger partial charge in [-0.3, -0.25) is 4.48 Å². The second-order valence-electron chi connectivity index (χ2n) is 9.21. The van der Waals surface area contributed by atoms with Crippen molar-refractivity contribution in [3.63, 3.8) is 0 Å². The molecule has 0 aliphatic carbocycles. The standard InChI is InChI=1S/C25H33BN3/c1-16(2)20-10-9-11-21(17(3)4)23(20)26-28(8)24-19(6)13-12-18(5)22(24)25-27(7)14-15-29(25)26/h9-17H,1-8H3/q+1. The van der Waals surface area contributed by atoms with Crippen molar-refractivity contribution in [2.24, 2.45) is 7.05 Å². The van der Waals surface area contributed by atoms with E-state index in [4.69, 9.17) is 0 Å². The van der Waals surface area contributed by atoms with Crippen LogP contribution in [0.5, 0.6) is 0 Å². The molecule has 2 aromatic carbocycles. The van der Waals surface area contributed by atoms with E-state index < -0.39 is 0 Å². The third kappa shape index (κ3) is 2.92. The number of imidazole rings is 1. The lowest BCUT2D eigenvalue weighted by Gasteiger charge is -2.35. The molecule has 3 aromatic rings. The van der Waals surface area contributed by atoms with Gasteiger partial charge in [0.2, 0.25) is 0 Å². The van der Waals surface area contributed by atoms with Crippen molar-refractivity contribution in [3.05, 3.63) is 65.0 Å². The summed E-state index contributed by atoms with van der Waals surface area (Å²) in [5, 5.41) is 0. The second-order valence-corrected chi connectivity index (χ2v) is 9.21. The Morgan fingerprint density at radius 2 is 1.45 bits per heavy atom. The molecule has 150 valence electrons. The molecule has 0 N–H and O–H groups in total. The van der Waals surface area contributed by atoms with E-state index in [2.05, 4.69) is 112 Å². The summed E-state index contributed by atoms with van der Waals surface area (Å²) >= 11 is 0. The van der Waals surface area contributed by atoms with Crippen LogP contribution in [0.15, 0.2) is 42.7 Å². The van der Waals surface area contributed by atoms with Gasteiger partial charge in [-0.1, -0.05) is 58.0 Å². The summed E-state index contributed by atoms with van der Waals surface area (Å²) in [6.45, 7) is 13.9. The summed E-state index contributed by atoms with van der Waals surface area (Å²) in [4.78, 5) is 2.50. The summed E-state index contributed by atoms with van der Waals surface area (Å²) in [7, 11) is 4.43. The fraction of sp³-hybridized carbons (Fsp3) is 0.400. The topological polar surface area (TPSA) is 12.0 Å². The quantitative estimate of drug-likeness (QED) is 0.602. The van der Waals surface area contributed by atoms with Crippen molar-refractivity contribution in [1.29, 1.82) is 0 Å². The number of hydrogen-bond acceptors (Lipinski definition) is 1. The Balaban J connectivity index is 2.09. The molecule has 0 saturated heterocycles. The van der Waals surface area contributed by atoms with Gasteiger partial charge in [0.15, 0.2) is 0 Å². The van der Waals surface area contributed by atoms with E-state index >= 15 is 0 Å². The van der Waals surface area contributed by atoms with Gasteiger partial charge in [0.1, 0.15) is 12.4 Å². The highest BCUT2D eigenvalue weighted by Gasteiger charge is 2.46. The molecule has 0 amide bonds. The lowest BCUT2D eigenvalue weighted by molar-refractivity contribution is -0.523. The van der Waals surface area contributed by atoms with Crippen molar-refractivity contribution < 1.29 is 4.48 Å². The first-order chi connectivity index (χ1) is 13.7. The lowest BCUT2D eigenvalue weighted by Crippen LogP contribution is -2.71. The molecule has 0 bridgehead atoms. The number of nitrogens with zero attached hydrogens (tertiary/aromatic N) is 3. The van der Waals surface area contributed by atoms with Crippen molar-refractivity contribution in [1.82, 2.24) is 4.57 Å². The molecular weight excluding hydrogens is 353 g/mol. The van der Waals surface area contributed by atoms with Crippen LogP contribution in [0, 0.1) is 13.8 Å². The van der Waals surface area contributed by atoms with E-state index in [9.17, 15) is 0 Å². The number of rotatable bonds is 3. The highest BCUT2D eigenvalue weighted by atomic mass is 15.2. The van der Waals surface area contributed by atoms with E-state index in [1.807, 2.05) is 0 Å². The summed E-state index contributed by atoms with van der Waals surface area (Å²) in [6, 6.07) is 11.4. The minimum Gasteiger partial charge on any atom is -0.372 e. The van der Waals surface area contributed by atoms with Crippen LogP contribution in [0.1, 0.15) is 61.8 Å².